The lowest BCUT2D eigenvalue weighted by atomic mass is 10.0. The number of hydrogen-bond donors (Lipinski definition) is 1. The fraction of sp³-hybridized carbons (Fsp3) is 0.160. The van der Waals surface area contributed by atoms with E-state index in [1.54, 1.807) is 31.2 Å². The van der Waals surface area contributed by atoms with Crippen LogP contribution in [0.1, 0.15) is 23.7 Å². The molecule has 8 heteroatoms. The van der Waals surface area contributed by atoms with Crippen LogP contribution >= 0.6 is 11.8 Å². The molecule has 0 aliphatic heterocycles. The smallest absolute Gasteiger partial charge is 0.338 e. The number of nitrogens with zero attached hydrogens (tertiary/aromatic N) is 3. The Labute approximate surface area is 194 Å². The van der Waals surface area contributed by atoms with Gasteiger partial charge >= 0.3 is 5.97 Å². The van der Waals surface area contributed by atoms with Crippen LogP contribution in [0.4, 0.5) is 5.69 Å². The van der Waals surface area contributed by atoms with Crippen LogP contribution in [0.15, 0.2) is 65.8 Å². The number of ether oxygens (including phenoxy) is 1. The third-order valence-corrected chi connectivity index (χ3v) is 6.16. The maximum absolute atomic E-state index is 12.3. The van der Waals surface area contributed by atoms with E-state index in [4.69, 9.17) is 9.72 Å². The van der Waals surface area contributed by atoms with E-state index < -0.39 is 0 Å². The summed E-state index contributed by atoms with van der Waals surface area (Å²) in [6, 6.07) is 18.9. The minimum absolute atomic E-state index is 0.127. The average molecular weight is 457 g/mol. The molecule has 164 valence electrons. The Morgan fingerprint density at radius 1 is 0.939 bits per heavy atom. The molecule has 33 heavy (non-hydrogen) atoms. The zero-order valence-electron chi connectivity index (χ0n) is 17.9. The number of thioether (sulfide) groups is 1. The molecule has 0 spiro atoms. The van der Waals surface area contributed by atoms with Crippen LogP contribution in [0, 0.1) is 0 Å². The summed E-state index contributed by atoms with van der Waals surface area (Å²) < 4.78 is 4.96. The summed E-state index contributed by atoms with van der Waals surface area (Å²) in [5.74, 6) is 0.0106. The number of benzene rings is 3. The molecule has 1 N–H and O–H groups in total. The van der Waals surface area contributed by atoms with E-state index >= 15 is 0 Å². The minimum atomic E-state index is -0.380. The van der Waals surface area contributed by atoms with Gasteiger partial charge in [-0.2, -0.15) is 0 Å². The Bertz CT molecular complexity index is 1370. The van der Waals surface area contributed by atoms with E-state index in [0.29, 0.717) is 35.2 Å². The normalized spacial score (nSPS) is 11.3. The van der Waals surface area contributed by atoms with Crippen LogP contribution in [0.2, 0.25) is 0 Å². The van der Waals surface area contributed by atoms with Crippen LogP contribution in [0.25, 0.3) is 33.3 Å². The van der Waals surface area contributed by atoms with Gasteiger partial charge in [0.2, 0.25) is 11.1 Å². The Hall–Kier alpha value is -3.78. The molecule has 1 amide bonds. The van der Waals surface area contributed by atoms with Crippen LogP contribution in [0.5, 0.6) is 0 Å². The van der Waals surface area contributed by atoms with Crippen molar-refractivity contribution in [1.29, 1.82) is 0 Å². The standard InChI is InChI=1S/C25H20N4O3S/c1-2-32-24(31)16-9-11-17(12-10-16)26-20(30)13-14-33-25-27-22-18-7-3-5-15-6-4-8-19(21(15)18)23(22)28-29-25/h3-12H,2,13-14H2,1H3,(H,26,30). The molecule has 7 nitrogen and oxygen atoms in total. The second-order valence-electron chi connectivity index (χ2n) is 7.45. The van der Waals surface area contributed by atoms with Crippen LogP contribution in [-0.2, 0) is 9.53 Å². The largest absolute Gasteiger partial charge is 0.462 e. The summed E-state index contributed by atoms with van der Waals surface area (Å²) in [7, 11) is 0. The number of carbonyl (C=O) groups excluding carboxylic acids is 2. The first-order chi connectivity index (χ1) is 16.1. The van der Waals surface area contributed by atoms with Gasteiger partial charge in [0.1, 0.15) is 11.4 Å². The minimum Gasteiger partial charge on any atom is -0.462 e. The van der Waals surface area contributed by atoms with E-state index in [0.717, 1.165) is 33.3 Å². The van der Waals surface area contributed by atoms with Crippen molar-refractivity contribution in [2.45, 2.75) is 18.5 Å². The highest BCUT2D eigenvalue weighted by atomic mass is 32.2. The van der Waals surface area contributed by atoms with Crippen molar-refractivity contribution >= 4 is 40.1 Å². The van der Waals surface area contributed by atoms with Gasteiger partial charge in [0.15, 0.2) is 0 Å². The molecule has 3 aromatic carbocycles. The third kappa shape index (κ3) is 4.17. The van der Waals surface area contributed by atoms with Gasteiger partial charge in [-0.1, -0.05) is 48.2 Å². The molecule has 0 bridgehead atoms. The van der Waals surface area contributed by atoms with Gasteiger partial charge in [0.25, 0.3) is 0 Å². The first kappa shape index (κ1) is 21.1. The summed E-state index contributed by atoms with van der Waals surface area (Å²) in [6.45, 7) is 2.08. The molecule has 4 aromatic rings. The monoisotopic (exact) mass is 456 g/mol. The number of hydrogen-bond acceptors (Lipinski definition) is 7. The van der Waals surface area contributed by atoms with Gasteiger partial charge in [-0.25, -0.2) is 9.78 Å². The van der Waals surface area contributed by atoms with E-state index in [-0.39, 0.29) is 11.9 Å². The van der Waals surface area contributed by atoms with Crippen molar-refractivity contribution in [1.82, 2.24) is 15.2 Å². The Balaban J connectivity index is 1.20. The fourth-order valence-electron chi connectivity index (χ4n) is 3.84. The lowest BCUT2D eigenvalue weighted by Crippen LogP contribution is -2.12. The van der Waals surface area contributed by atoms with Gasteiger partial charge in [-0.3, -0.25) is 4.79 Å². The lowest BCUT2D eigenvalue weighted by Gasteiger charge is -2.07. The van der Waals surface area contributed by atoms with Crippen molar-refractivity contribution in [3.05, 3.63) is 66.2 Å². The molecule has 0 radical (unpaired) electrons. The highest BCUT2D eigenvalue weighted by Crippen LogP contribution is 2.44. The molecular formula is C25H20N4O3S. The maximum atomic E-state index is 12.3. The second-order valence-corrected chi connectivity index (χ2v) is 8.51. The van der Waals surface area contributed by atoms with Crippen molar-refractivity contribution in [3.8, 4) is 22.5 Å². The zero-order valence-corrected chi connectivity index (χ0v) is 18.7. The first-order valence-electron chi connectivity index (χ1n) is 10.6. The number of carbonyl (C=O) groups is 2. The number of amides is 1. The summed E-state index contributed by atoms with van der Waals surface area (Å²) in [5.41, 5.74) is 4.84. The summed E-state index contributed by atoms with van der Waals surface area (Å²) in [5, 5.41) is 14.4. The van der Waals surface area contributed by atoms with E-state index in [9.17, 15) is 9.59 Å². The lowest BCUT2D eigenvalue weighted by molar-refractivity contribution is -0.115. The Kier molecular flexibility index (Phi) is 5.75. The quantitative estimate of drug-likeness (QED) is 0.273. The summed E-state index contributed by atoms with van der Waals surface area (Å²) in [6.07, 6.45) is 0.292. The second kappa shape index (κ2) is 8.99. The van der Waals surface area contributed by atoms with Crippen molar-refractivity contribution < 1.29 is 14.3 Å². The molecule has 5 rings (SSSR count). The van der Waals surface area contributed by atoms with Gasteiger partial charge in [0, 0.05) is 34.4 Å². The summed E-state index contributed by atoms with van der Waals surface area (Å²) in [4.78, 5) is 28.8. The van der Waals surface area contributed by atoms with Gasteiger partial charge in [-0.05, 0) is 36.6 Å². The van der Waals surface area contributed by atoms with Gasteiger partial charge in [0.05, 0.1) is 12.2 Å². The average Bonchev–Trinajstić information content (AvgIpc) is 3.15. The molecule has 1 heterocycles. The van der Waals surface area contributed by atoms with Crippen LogP contribution < -0.4 is 5.32 Å². The highest BCUT2D eigenvalue weighted by Gasteiger charge is 2.24. The molecule has 0 saturated heterocycles. The van der Waals surface area contributed by atoms with Crippen LogP contribution in [-0.4, -0.2) is 39.4 Å². The molecular weight excluding hydrogens is 436 g/mol. The number of esters is 1. The van der Waals surface area contributed by atoms with Crippen molar-refractivity contribution in [3.63, 3.8) is 0 Å². The highest BCUT2D eigenvalue weighted by molar-refractivity contribution is 7.99. The number of fused-ring (bicyclic) bond motifs is 3. The summed E-state index contributed by atoms with van der Waals surface area (Å²) >= 11 is 1.40. The Morgan fingerprint density at radius 2 is 1.67 bits per heavy atom. The van der Waals surface area contributed by atoms with E-state index in [2.05, 4.69) is 33.7 Å². The topological polar surface area (TPSA) is 94.1 Å². The van der Waals surface area contributed by atoms with Gasteiger partial charge < -0.3 is 10.1 Å². The first-order valence-corrected chi connectivity index (χ1v) is 11.6. The van der Waals surface area contributed by atoms with Gasteiger partial charge in [-0.15, -0.1) is 10.2 Å². The molecule has 0 unspecified atom stereocenters. The fourth-order valence-corrected chi connectivity index (χ4v) is 4.56. The predicted octanol–water partition coefficient (Wildman–Crippen LogP) is 4.97. The molecule has 0 saturated carbocycles. The molecule has 0 fully saturated rings. The number of anilines is 1. The number of rotatable bonds is 7. The SMILES string of the molecule is CCOC(=O)c1ccc(NC(=O)CCSc2nnc3c(n2)-c2cccc4cccc-3c24)cc1. The predicted molar refractivity (Wildman–Crippen MR) is 128 cm³/mol. The van der Waals surface area contributed by atoms with Crippen LogP contribution in [0.3, 0.4) is 0 Å². The maximum Gasteiger partial charge on any atom is 0.338 e. The van der Waals surface area contributed by atoms with Crippen molar-refractivity contribution in [2.75, 3.05) is 17.7 Å². The van der Waals surface area contributed by atoms with E-state index in [1.807, 2.05) is 18.2 Å². The molecule has 1 aliphatic carbocycles. The number of nitrogens with one attached hydrogen (secondary N) is 1. The zero-order chi connectivity index (χ0) is 22.8. The molecule has 0 atom stereocenters. The molecule has 1 aromatic heterocycles. The third-order valence-electron chi connectivity index (χ3n) is 5.32. The Morgan fingerprint density at radius 3 is 2.39 bits per heavy atom. The van der Waals surface area contributed by atoms with Crippen molar-refractivity contribution in [2.24, 2.45) is 0 Å². The molecule has 1 aliphatic rings. The number of aromatic nitrogens is 3. The van der Waals surface area contributed by atoms with E-state index in [1.165, 1.54) is 11.8 Å².